The van der Waals surface area contributed by atoms with Crippen molar-refractivity contribution in [1.29, 1.82) is 0 Å². The predicted octanol–water partition coefficient (Wildman–Crippen LogP) is 3.69. The summed E-state index contributed by atoms with van der Waals surface area (Å²) >= 11 is 3.36. The van der Waals surface area contributed by atoms with Gasteiger partial charge in [-0.3, -0.25) is 9.59 Å². The van der Waals surface area contributed by atoms with Gasteiger partial charge in [0.1, 0.15) is 12.4 Å². The molecule has 2 amide bonds. The molecule has 0 atom stereocenters. The summed E-state index contributed by atoms with van der Waals surface area (Å²) in [6, 6.07) is 12.1. The molecule has 132 valence electrons. The number of hydrogen-bond acceptors (Lipinski definition) is 4. The minimum atomic E-state index is -0.311. The number of methoxy groups -OCH3 is 1. The molecular formula is C18H19BrN2O4. The minimum absolute atomic E-state index is 0.177. The average molecular weight is 407 g/mol. The van der Waals surface area contributed by atoms with Crippen LogP contribution in [0, 0.1) is 0 Å². The second kappa shape index (κ2) is 9.19. The molecule has 0 radical (unpaired) electrons. The SMILES string of the molecule is COCCOc1ccc(Br)cc1C(=O)Nc1cccc(NC(C)=O)c1. The highest BCUT2D eigenvalue weighted by Gasteiger charge is 2.14. The molecule has 0 spiro atoms. The molecule has 0 bridgehead atoms. The van der Waals surface area contributed by atoms with E-state index in [4.69, 9.17) is 9.47 Å². The van der Waals surface area contributed by atoms with E-state index in [0.29, 0.717) is 35.9 Å². The van der Waals surface area contributed by atoms with Crippen molar-refractivity contribution in [3.63, 3.8) is 0 Å². The van der Waals surface area contributed by atoms with Gasteiger partial charge in [0, 0.05) is 29.9 Å². The van der Waals surface area contributed by atoms with Gasteiger partial charge >= 0.3 is 0 Å². The third kappa shape index (κ3) is 5.88. The maximum absolute atomic E-state index is 12.6. The fourth-order valence-electron chi connectivity index (χ4n) is 2.12. The van der Waals surface area contributed by atoms with Crippen molar-refractivity contribution in [3.8, 4) is 5.75 Å². The van der Waals surface area contributed by atoms with E-state index >= 15 is 0 Å². The first-order valence-corrected chi connectivity index (χ1v) is 8.39. The molecule has 0 saturated carbocycles. The maximum atomic E-state index is 12.6. The molecule has 0 aliphatic heterocycles. The van der Waals surface area contributed by atoms with Gasteiger partial charge < -0.3 is 20.1 Å². The van der Waals surface area contributed by atoms with Crippen molar-refractivity contribution >= 4 is 39.1 Å². The lowest BCUT2D eigenvalue weighted by atomic mass is 10.1. The van der Waals surface area contributed by atoms with Crippen molar-refractivity contribution in [2.24, 2.45) is 0 Å². The van der Waals surface area contributed by atoms with E-state index in [9.17, 15) is 9.59 Å². The van der Waals surface area contributed by atoms with Gasteiger partial charge in [-0.2, -0.15) is 0 Å². The first-order valence-electron chi connectivity index (χ1n) is 7.60. The minimum Gasteiger partial charge on any atom is -0.490 e. The molecule has 0 aromatic heterocycles. The van der Waals surface area contributed by atoms with Crippen LogP contribution in [0.1, 0.15) is 17.3 Å². The number of rotatable bonds is 7. The van der Waals surface area contributed by atoms with Gasteiger partial charge in [0.05, 0.1) is 12.2 Å². The Bertz CT molecular complexity index is 764. The lowest BCUT2D eigenvalue weighted by Crippen LogP contribution is -2.15. The van der Waals surface area contributed by atoms with Crippen molar-refractivity contribution in [2.45, 2.75) is 6.92 Å². The Balaban J connectivity index is 2.17. The summed E-state index contributed by atoms with van der Waals surface area (Å²) in [5, 5.41) is 5.48. The summed E-state index contributed by atoms with van der Waals surface area (Å²) in [6.45, 7) is 2.20. The van der Waals surface area contributed by atoms with Gasteiger partial charge in [-0.25, -0.2) is 0 Å². The van der Waals surface area contributed by atoms with Crippen LogP contribution in [0.5, 0.6) is 5.75 Å². The molecule has 0 aliphatic carbocycles. The van der Waals surface area contributed by atoms with Gasteiger partial charge in [0.25, 0.3) is 5.91 Å². The second-order valence-corrected chi connectivity index (χ2v) is 6.11. The maximum Gasteiger partial charge on any atom is 0.259 e. The molecule has 6 nitrogen and oxygen atoms in total. The number of anilines is 2. The van der Waals surface area contributed by atoms with E-state index < -0.39 is 0 Å². The van der Waals surface area contributed by atoms with Crippen LogP contribution in [0.2, 0.25) is 0 Å². The van der Waals surface area contributed by atoms with Crippen LogP contribution in [0.4, 0.5) is 11.4 Å². The smallest absolute Gasteiger partial charge is 0.259 e. The number of benzene rings is 2. The van der Waals surface area contributed by atoms with E-state index in [0.717, 1.165) is 4.47 Å². The Morgan fingerprint density at radius 2 is 1.76 bits per heavy atom. The molecule has 2 aromatic rings. The van der Waals surface area contributed by atoms with Crippen molar-refractivity contribution < 1.29 is 19.1 Å². The summed E-state index contributed by atoms with van der Waals surface area (Å²) in [6.07, 6.45) is 0. The lowest BCUT2D eigenvalue weighted by Gasteiger charge is -2.13. The Morgan fingerprint density at radius 3 is 2.44 bits per heavy atom. The van der Waals surface area contributed by atoms with Gasteiger partial charge in [0.2, 0.25) is 5.91 Å². The molecule has 0 heterocycles. The highest BCUT2D eigenvalue weighted by Crippen LogP contribution is 2.25. The van der Waals surface area contributed by atoms with Crippen LogP contribution in [0.15, 0.2) is 46.9 Å². The molecule has 25 heavy (non-hydrogen) atoms. The predicted molar refractivity (Wildman–Crippen MR) is 100 cm³/mol. The summed E-state index contributed by atoms with van der Waals surface area (Å²) in [4.78, 5) is 23.8. The van der Waals surface area contributed by atoms with E-state index in [1.54, 1.807) is 49.6 Å². The number of nitrogens with one attached hydrogen (secondary N) is 2. The molecule has 0 fully saturated rings. The third-order valence-electron chi connectivity index (χ3n) is 3.17. The molecular weight excluding hydrogens is 388 g/mol. The van der Waals surface area contributed by atoms with E-state index in [1.165, 1.54) is 6.92 Å². The molecule has 2 aromatic carbocycles. The van der Waals surface area contributed by atoms with E-state index in [2.05, 4.69) is 26.6 Å². The van der Waals surface area contributed by atoms with Crippen LogP contribution in [0.3, 0.4) is 0 Å². The number of carbonyl (C=O) groups excluding carboxylic acids is 2. The Hall–Kier alpha value is -2.38. The zero-order valence-corrected chi connectivity index (χ0v) is 15.6. The molecule has 2 rings (SSSR count). The fourth-order valence-corrected chi connectivity index (χ4v) is 2.48. The molecule has 7 heteroatoms. The third-order valence-corrected chi connectivity index (χ3v) is 3.67. The van der Waals surface area contributed by atoms with Crippen LogP contribution < -0.4 is 15.4 Å². The normalized spacial score (nSPS) is 10.2. The van der Waals surface area contributed by atoms with Crippen molar-refractivity contribution in [3.05, 3.63) is 52.5 Å². The topological polar surface area (TPSA) is 76.7 Å². The van der Waals surface area contributed by atoms with Crippen LogP contribution in [-0.4, -0.2) is 32.1 Å². The van der Waals surface area contributed by atoms with Crippen molar-refractivity contribution in [1.82, 2.24) is 0 Å². The largest absolute Gasteiger partial charge is 0.490 e. The molecule has 0 saturated heterocycles. The molecule has 2 N–H and O–H groups in total. The Kier molecular flexibility index (Phi) is 6.97. The standard InChI is InChI=1S/C18H19BrN2O4/c1-12(22)20-14-4-3-5-15(11-14)21-18(23)16-10-13(19)6-7-17(16)25-9-8-24-2/h3-7,10-11H,8-9H2,1-2H3,(H,20,22)(H,21,23). The monoisotopic (exact) mass is 406 g/mol. The number of ether oxygens (including phenoxy) is 2. The molecule has 0 aliphatic rings. The summed E-state index contributed by atoms with van der Waals surface area (Å²) < 4.78 is 11.3. The zero-order chi connectivity index (χ0) is 18.2. The van der Waals surface area contributed by atoms with Gasteiger partial charge in [-0.1, -0.05) is 22.0 Å². The summed E-state index contributed by atoms with van der Waals surface area (Å²) in [7, 11) is 1.58. The first-order chi connectivity index (χ1) is 12.0. The van der Waals surface area contributed by atoms with Crippen LogP contribution >= 0.6 is 15.9 Å². The van der Waals surface area contributed by atoms with Crippen molar-refractivity contribution in [2.75, 3.05) is 31.0 Å². The van der Waals surface area contributed by atoms with E-state index in [1.807, 2.05) is 0 Å². The van der Waals surface area contributed by atoms with Crippen LogP contribution in [0.25, 0.3) is 0 Å². The first kappa shape index (κ1) is 19.0. The lowest BCUT2D eigenvalue weighted by molar-refractivity contribution is -0.114. The quantitative estimate of drug-likeness (QED) is 0.687. The highest BCUT2D eigenvalue weighted by molar-refractivity contribution is 9.10. The summed E-state index contributed by atoms with van der Waals surface area (Å²) in [5.74, 6) is -0.0197. The van der Waals surface area contributed by atoms with Crippen LogP contribution in [-0.2, 0) is 9.53 Å². The second-order valence-electron chi connectivity index (χ2n) is 5.20. The van der Waals surface area contributed by atoms with Gasteiger partial charge in [0.15, 0.2) is 0 Å². The number of hydrogen-bond donors (Lipinski definition) is 2. The summed E-state index contributed by atoms with van der Waals surface area (Å²) in [5.41, 5.74) is 1.57. The fraction of sp³-hybridized carbons (Fsp3) is 0.222. The van der Waals surface area contributed by atoms with Gasteiger partial charge in [-0.05, 0) is 36.4 Å². The Labute approximate surface area is 154 Å². The number of carbonyl (C=O) groups is 2. The molecule has 0 unspecified atom stereocenters. The van der Waals surface area contributed by atoms with Gasteiger partial charge in [-0.15, -0.1) is 0 Å². The van der Waals surface area contributed by atoms with E-state index in [-0.39, 0.29) is 11.8 Å². The highest BCUT2D eigenvalue weighted by atomic mass is 79.9. The number of halogens is 1. The zero-order valence-electron chi connectivity index (χ0n) is 14.0. The Morgan fingerprint density at radius 1 is 1.04 bits per heavy atom. The average Bonchev–Trinajstić information content (AvgIpc) is 2.56. The number of amides is 2.